The van der Waals surface area contributed by atoms with Gasteiger partial charge in [-0.25, -0.2) is 0 Å². The Morgan fingerprint density at radius 1 is 1.42 bits per heavy atom. The molecule has 0 radical (unpaired) electrons. The van der Waals surface area contributed by atoms with Crippen LogP contribution in [0.1, 0.15) is 26.2 Å². The van der Waals surface area contributed by atoms with E-state index in [4.69, 9.17) is 0 Å². The molecule has 1 aliphatic rings. The van der Waals surface area contributed by atoms with Crippen molar-refractivity contribution in [3.05, 3.63) is 28.7 Å². The lowest BCUT2D eigenvalue weighted by atomic mass is 9.88. The van der Waals surface area contributed by atoms with Crippen molar-refractivity contribution in [2.75, 3.05) is 25.0 Å². The highest BCUT2D eigenvalue weighted by atomic mass is 79.9. The normalized spacial score (nSPS) is 18.8. The van der Waals surface area contributed by atoms with Gasteiger partial charge in [0.2, 0.25) is 0 Å². The lowest BCUT2D eigenvalue weighted by Crippen LogP contribution is -2.48. The first-order valence-corrected chi connectivity index (χ1v) is 7.64. The number of hydrogen-bond donors (Lipinski definition) is 1. The molecular formula is C15H20BrN3. The molecule has 102 valence electrons. The number of rotatable bonds is 4. The van der Waals surface area contributed by atoms with Crippen LogP contribution in [0.15, 0.2) is 28.7 Å². The van der Waals surface area contributed by atoms with Gasteiger partial charge in [-0.15, -0.1) is 0 Å². The molecule has 0 amide bonds. The molecule has 1 N–H and O–H groups in total. The summed E-state index contributed by atoms with van der Waals surface area (Å²) < 4.78 is 1.04. The predicted octanol–water partition coefficient (Wildman–Crippen LogP) is 3.63. The quantitative estimate of drug-likeness (QED) is 0.920. The first kappa shape index (κ1) is 14.4. The number of hydrogen-bond acceptors (Lipinski definition) is 3. The Bertz CT molecular complexity index is 459. The second-order valence-corrected chi connectivity index (χ2v) is 6.09. The molecule has 0 atom stereocenters. The van der Waals surface area contributed by atoms with E-state index >= 15 is 0 Å². The Labute approximate surface area is 123 Å². The highest BCUT2D eigenvalue weighted by Gasteiger charge is 2.34. The van der Waals surface area contributed by atoms with Crippen LogP contribution in [0.25, 0.3) is 0 Å². The van der Waals surface area contributed by atoms with Crippen LogP contribution in [0.4, 0.5) is 5.69 Å². The number of benzene rings is 1. The van der Waals surface area contributed by atoms with Crippen molar-refractivity contribution >= 4 is 21.6 Å². The number of nitrogens with zero attached hydrogens (tertiary/aromatic N) is 2. The summed E-state index contributed by atoms with van der Waals surface area (Å²) in [5.74, 6) is 0. The third kappa shape index (κ3) is 3.71. The monoisotopic (exact) mass is 321 g/mol. The maximum Gasteiger partial charge on any atom is 0.127 e. The molecule has 1 aliphatic heterocycles. The summed E-state index contributed by atoms with van der Waals surface area (Å²) in [7, 11) is 0. The molecule has 1 fully saturated rings. The van der Waals surface area contributed by atoms with Crippen LogP contribution < -0.4 is 5.32 Å². The van der Waals surface area contributed by atoms with Crippen molar-refractivity contribution in [1.82, 2.24) is 4.90 Å². The zero-order chi connectivity index (χ0) is 13.7. The van der Waals surface area contributed by atoms with Gasteiger partial charge in [0.05, 0.1) is 6.07 Å². The maximum atomic E-state index is 9.55. The van der Waals surface area contributed by atoms with E-state index in [1.54, 1.807) is 0 Å². The van der Waals surface area contributed by atoms with Gasteiger partial charge in [-0.1, -0.05) is 28.9 Å². The summed E-state index contributed by atoms with van der Waals surface area (Å²) in [6, 6.07) is 10.5. The minimum atomic E-state index is -0.412. The molecule has 0 bridgehead atoms. The highest BCUT2D eigenvalue weighted by Crippen LogP contribution is 2.27. The topological polar surface area (TPSA) is 39.1 Å². The Hall–Kier alpha value is -1.05. The third-order valence-electron chi connectivity index (χ3n) is 3.67. The minimum absolute atomic E-state index is 0.412. The summed E-state index contributed by atoms with van der Waals surface area (Å²) in [5, 5.41) is 13.0. The number of piperidine rings is 1. The number of halogens is 1. The summed E-state index contributed by atoms with van der Waals surface area (Å²) in [6.07, 6.45) is 2.95. The van der Waals surface area contributed by atoms with Crippen LogP contribution in [-0.2, 0) is 0 Å². The van der Waals surface area contributed by atoms with Crippen LogP contribution in [-0.4, -0.2) is 30.1 Å². The molecule has 1 heterocycles. The predicted molar refractivity (Wildman–Crippen MR) is 82.1 cm³/mol. The van der Waals surface area contributed by atoms with Crippen molar-refractivity contribution in [2.24, 2.45) is 0 Å². The Kier molecular flexibility index (Phi) is 4.84. The van der Waals surface area contributed by atoms with Crippen LogP contribution >= 0.6 is 15.9 Å². The highest BCUT2D eigenvalue weighted by molar-refractivity contribution is 9.10. The molecule has 4 heteroatoms. The lowest BCUT2D eigenvalue weighted by Gasteiger charge is -2.38. The molecule has 0 unspecified atom stereocenters. The fourth-order valence-electron chi connectivity index (χ4n) is 2.58. The molecule has 19 heavy (non-hydrogen) atoms. The standard InChI is InChI=1S/C15H20BrN3/c1-2-8-19-9-6-15(12-17,7-10-19)18-14-5-3-4-13(16)11-14/h3-5,11,18H,2,6-10H2,1H3. The van der Waals surface area contributed by atoms with Gasteiger partial charge in [0.15, 0.2) is 0 Å². The van der Waals surface area contributed by atoms with E-state index in [2.05, 4.69) is 39.1 Å². The van der Waals surface area contributed by atoms with Gasteiger partial charge in [-0.05, 0) is 44.0 Å². The molecule has 1 saturated heterocycles. The molecular weight excluding hydrogens is 302 g/mol. The average Bonchev–Trinajstić information content (AvgIpc) is 2.42. The number of anilines is 1. The molecule has 0 aliphatic carbocycles. The molecule has 1 aromatic rings. The van der Waals surface area contributed by atoms with Gasteiger partial charge in [0, 0.05) is 23.2 Å². The molecule has 0 spiro atoms. The van der Waals surface area contributed by atoms with Crippen LogP contribution in [0.5, 0.6) is 0 Å². The second-order valence-electron chi connectivity index (χ2n) is 5.17. The van der Waals surface area contributed by atoms with Gasteiger partial charge < -0.3 is 10.2 Å². The zero-order valence-electron chi connectivity index (χ0n) is 11.3. The van der Waals surface area contributed by atoms with E-state index < -0.39 is 5.54 Å². The van der Waals surface area contributed by atoms with Gasteiger partial charge in [-0.3, -0.25) is 0 Å². The molecule has 0 aromatic heterocycles. The largest absolute Gasteiger partial charge is 0.367 e. The first-order chi connectivity index (χ1) is 9.17. The van der Waals surface area contributed by atoms with E-state index in [0.29, 0.717) is 0 Å². The fraction of sp³-hybridized carbons (Fsp3) is 0.533. The smallest absolute Gasteiger partial charge is 0.127 e. The Morgan fingerprint density at radius 3 is 2.74 bits per heavy atom. The summed E-state index contributed by atoms with van der Waals surface area (Å²) in [6.45, 7) is 5.34. The third-order valence-corrected chi connectivity index (χ3v) is 4.16. The Morgan fingerprint density at radius 2 is 2.16 bits per heavy atom. The Balaban J connectivity index is 2.03. The number of nitriles is 1. The van der Waals surface area contributed by atoms with Crippen LogP contribution in [0, 0.1) is 11.3 Å². The van der Waals surface area contributed by atoms with Crippen molar-refractivity contribution in [2.45, 2.75) is 31.7 Å². The van der Waals surface area contributed by atoms with Gasteiger partial charge >= 0.3 is 0 Å². The van der Waals surface area contributed by atoms with Crippen LogP contribution in [0.3, 0.4) is 0 Å². The lowest BCUT2D eigenvalue weighted by molar-refractivity contribution is 0.197. The SMILES string of the molecule is CCCN1CCC(C#N)(Nc2cccc(Br)c2)CC1. The van der Waals surface area contributed by atoms with Crippen molar-refractivity contribution in [3.8, 4) is 6.07 Å². The zero-order valence-corrected chi connectivity index (χ0v) is 12.9. The fourth-order valence-corrected chi connectivity index (χ4v) is 2.98. The van der Waals surface area contributed by atoms with Gasteiger partial charge in [0.25, 0.3) is 0 Å². The maximum absolute atomic E-state index is 9.55. The average molecular weight is 322 g/mol. The van der Waals surface area contributed by atoms with E-state index in [1.807, 2.05) is 24.3 Å². The summed E-state index contributed by atoms with van der Waals surface area (Å²) in [5.41, 5.74) is 0.602. The van der Waals surface area contributed by atoms with E-state index in [0.717, 1.165) is 42.6 Å². The van der Waals surface area contributed by atoms with Gasteiger partial charge in [0.1, 0.15) is 5.54 Å². The molecule has 3 nitrogen and oxygen atoms in total. The van der Waals surface area contributed by atoms with Crippen molar-refractivity contribution < 1.29 is 0 Å². The van der Waals surface area contributed by atoms with E-state index in [9.17, 15) is 5.26 Å². The molecule has 0 saturated carbocycles. The minimum Gasteiger partial charge on any atom is -0.367 e. The number of likely N-dealkylation sites (tertiary alicyclic amines) is 1. The molecule has 1 aromatic carbocycles. The van der Waals surface area contributed by atoms with Gasteiger partial charge in [-0.2, -0.15) is 5.26 Å². The molecule has 2 rings (SSSR count). The summed E-state index contributed by atoms with van der Waals surface area (Å²) in [4.78, 5) is 2.44. The van der Waals surface area contributed by atoms with Crippen molar-refractivity contribution in [1.29, 1.82) is 5.26 Å². The van der Waals surface area contributed by atoms with Crippen molar-refractivity contribution in [3.63, 3.8) is 0 Å². The van der Waals surface area contributed by atoms with E-state index in [1.165, 1.54) is 6.42 Å². The van der Waals surface area contributed by atoms with Crippen LogP contribution in [0.2, 0.25) is 0 Å². The first-order valence-electron chi connectivity index (χ1n) is 6.85. The summed E-state index contributed by atoms with van der Waals surface area (Å²) >= 11 is 3.47. The van der Waals surface area contributed by atoms with E-state index in [-0.39, 0.29) is 0 Å². The second kappa shape index (κ2) is 6.40. The number of nitrogens with one attached hydrogen (secondary N) is 1.